The van der Waals surface area contributed by atoms with Crippen LogP contribution in [-0.2, 0) is 6.54 Å². The molecule has 112 valence electrons. The molecule has 1 aliphatic heterocycles. The van der Waals surface area contributed by atoms with Gasteiger partial charge in [-0.05, 0) is 7.05 Å². The van der Waals surface area contributed by atoms with Crippen LogP contribution in [0.4, 0.5) is 10.8 Å². The van der Waals surface area contributed by atoms with Crippen LogP contribution in [0.25, 0.3) is 0 Å². The Kier molecular flexibility index (Phi) is 3.84. The van der Waals surface area contributed by atoms with E-state index in [0.29, 0.717) is 16.7 Å². The van der Waals surface area contributed by atoms with Crippen LogP contribution in [0.1, 0.15) is 5.01 Å². The number of aromatic nitrogens is 4. The van der Waals surface area contributed by atoms with Crippen molar-refractivity contribution < 1.29 is 0 Å². The number of piperazine rings is 1. The third-order valence-corrected chi connectivity index (χ3v) is 4.23. The average molecular weight is 307 g/mol. The highest BCUT2D eigenvalue weighted by Crippen LogP contribution is 2.14. The van der Waals surface area contributed by atoms with Gasteiger partial charge in [0.1, 0.15) is 5.01 Å². The first-order valence-electron chi connectivity index (χ1n) is 6.70. The molecule has 1 aliphatic rings. The maximum Gasteiger partial charge on any atom is 0.269 e. The van der Waals surface area contributed by atoms with E-state index in [1.807, 2.05) is 0 Å². The van der Waals surface area contributed by atoms with Gasteiger partial charge in [0, 0.05) is 32.2 Å². The zero-order valence-electron chi connectivity index (χ0n) is 11.8. The number of hydrogen-bond acceptors (Lipinski definition) is 8. The van der Waals surface area contributed by atoms with Crippen LogP contribution in [0.3, 0.4) is 0 Å². The van der Waals surface area contributed by atoms with Gasteiger partial charge in [-0.25, -0.2) is 4.68 Å². The number of likely N-dealkylation sites (N-methyl/N-ethyl adjacent to an activating group) is 1. The van der Waals surface area contributed by atoms with E-state index in [4.69, 9.17) is 5.73 Å². The topological polar surface area (TPSA) is 93.2 Å². The summed E-state index contributed by atoms with van der Waals surface area (Å²) >= 11 is 1.26. The molecule has 0 aliphatic carbocycles. The van der Waals surface area contributed by atoms with Crippen molar-refractivity contribution in [1.82, 2.24) is 24.9 Å². The SMILES string of the molecule is CN1CCN(c2cnn(Cc3nnc(N)s3)c(=O)c2)CC1. The fourth-order valence-corrected chi connectivity index (χ4v) is 2.83. The molecule has 3 rings (SSSR count). The first-order valence-corrected chi connectivity index (χ1v) is 7.52. The van der Waals surface area contributed by atoms with Gasteiger partial charge in [0.05, 0.1) is 18.4 Å². The van der Waals surface area contributed by atoms with E-state index in [-0.39, 0.29) is 5.56 Å². The molecule has 0 radical (unpaired) electrons. The Hall–Kier alpha value is -2.00. The van der Waals surface area contributed by atoms with Gasteiger partial charge in [0.15, 0.2) is 0 Å². The highest BCUT2D eigenvalue weighted by molar-refractivity contribution is 7.15. The summed E-state index contributed by atoms with van der Waals surface area (Å²) < 4.78 is 1.37. The van der Waals surface area contributed by atoms with Gasteiger partial charge >= 0.3 is 0 Å². The van der Waals surface area contributed by atoms with Crippen LogP contribution in [0, 0.1) is 0 Å². The van der Waals surface area contributed by atoms with Crippen molar-refractivity contribution in [1.29, 1.82) is 0 Å². The molecule has 21 heavy (non-hydrogen) atoms. The third-order valence-electron chi connectivity index (χ3n) is 3.49. The largest absolute Gasteiger partial charge is 0.374 e. The number of anilines is 2. The standard InChI is InChI=1S/C12H17N7OS/c1-17-2-4-18(5-3-17)9-6-11(20)19(14-7-9)8-10-15-16-12(13)21-10/h6-7H,2-5,8H2,1H3,(H2,13,16). The molecular weight excluding hydrogens is 290 g/mol. The van der Waals surface area contributed by atoms with Crippen LogP contribution in [0.2, 0.25) is 0 Å². The first kappa shape index (κ1) is 14.0. The molecule has 2 N–H and O–H groups in total. The summed E-state index contributed by atoms with van der Waals surface area (Å²) in [6.07, 6.45) is 1.73. The summed E-state index contributed by atoms with van der Waals surface area (Å²) in [5.41, 5.74) is 6.27. The Morgan fingerprint density at radius 2 is 2.05 bits per heavy atom. The van der Waals surface area contributed by atoms with Crippen LogP contribution < -0.4 is 16.2 Å². The van der Waals surface area contributed by atoms with Crippen molar-refractivity contribution in [2.24, 2.45) is 0 Å². The second kappa shape index (κ2) is 5.78. The van der Waals surface area contributed by atoms with Gasteiger partial charge in [0.2, 0.25) is 5.13 Å². The molecule has 0 unspecified atom stereocenters. The van der Waals surface area contributed by atoms with Gasteiger partial charge in [-0.2, -0.15) is 5.10 Å². The smallest absolute Gasteiger partial charge is 0.269 e. The van der Waals surface area contributed by atoms with Crippen molar-refractivity contribution in [2.45, 2.75) is 6.54 Å². The molecule has 2 aromatic rings. The number of rotatable bonds is 3. The van der Waals surface area contributed by atoms with Crippen molar-refractivity contribution in [2.75, 3.05) is 43.9 Å². The Balaban J connectivity index is 1.75. The summed E-state index contributed by atoms with van der Waals surface area (Å²) in [5.74, 6) is 0. The second-order valence-electron chi connectivity index (χ2n) is 5.03. The highest BCUT2D eigenvalue weighted by atomic mass is 32.1. The van der Waals surface area contributed by atoms with Gasteiger partial charge in [0.25, 0.3) is 5.56 Å². The van der Waals surface area contributed by atoms with Gasteiger partial charge < -0.3 is 15.5 Å². The number of nitrogens with zero attached hydrogens (tertiary/aromatic N) is 6. The molecule has 0 spiro atoms. The molecule has 0 atom stereocenters. The zero-order chi connectivity index (χ0) is 14.8. The molecule has 0 aromatic carbocycles. The van der Waals surface area contributed by atoms with E-state index in [2.05, 4.69) is 32.1 Å². The average Bonchev–Trinajstić information content (AvgIpc) is 2.87. The van der Waals surface area contributed by atoms with Crippen LogP contribution in [0.5, 0.6) is 0 Å². The van der Waals surface area contributed by atoms with Gasteiger partial charge in [-0.1, -0.05) is 11.3 Å². The first-order chi connectivity index (χ1) is 10.1. The summed E-state index contributed by atoms with van der Waals surface area (Å²) in [5, 5.41) is 12.9. The summed E-state index contributed by atoms with van der Waals surface area (Å²) in [4.78, 5) is 16.6. The minimum atomic E-state index is -0.139. The Labute approximate surface area is 125 Å². The van der Waals surface area contributed by atoms with E-state index >= 15 is 0 Å². The summed E-state index contributed by atoms with van der Waals surface area (Å²) in [7, 11) is 2.10. The fraction of sp³-hybridized carbons (Fsp3) is 0.500. The number of hydrogen-bond donors (Lipinski definition) is 1. The van der Waals surface area contributed by atoms with Gasteiger partial charge in [-0.3, -0.25) is 4.79 Å². The summed E-state index contributed by atoms with van der Waals surface area (Å²) in [6, 6.07) is 1.63. The zero-order valence-corrected chi connectivity index (χ0v) is 12.6. The molecule has 0 bridgehead atoms. The van der Waals surface area contributed by atoms with E-state index in [9.17, 15) is 4.79 Å². The molecule has 9 heteroatoms. The predicted octanol–water partition coefficient (Wildman–Crippen LogP) is -0.523. The van der Waals surface area contributed by atoms with Crippen LogP contribution in [0.15, 0.2) is 17.1 Å². The van der Waals surface area contributed by atoms with E-state index in [0.717, 1.165) is 31.9 Å². The minimum absolute atomic E-state index is 0.139. The maximum absolute atomic E-state index is 12.1. The number of nitrogen functional groups attached to an aromatic ring is 1. The molecule has 1 fully saturated rings. The molecule has 0 saturated carbocycles. The lowest BCUT2D eigenvalue weighted by Gasteiger charge is -2.33. The maximum atomic E-state index is 12.1. The van der Waals surface area contributed by atoms with Crippen molar-refractivity contribution >= 4 is 22.2 Å². The fourth-order valence-electron chi connectivity index (χ4n) is 2.24. The quantitative estimate of drug-likeness (QED) is 0.815. The van der Waals surface area contributed by atoms with E-state index < -0.39 is 0 Å². The predicted molar refractivity (Wildman–Crippen MR) is 81.6 cm³/mol. The molecule has 2 aromatic heterocycles. The normalized spacial score (nSPS) is 16.3. The van der Waals surface area contributed by atoms with Crippen molar-refractivity contribution in [3.05, 3.63) is 27.6 Å². The Morgan fingerprint density at radius 3 is 2.67 bits per heavy atom. The lowest BCUT2D eigenvalue weighted by Crippen LogP contribution is -2.45. The van der Waals surface area contributed by atoms with E-state index in [1.54, 1.807) is 12.3 Å². The van der Waals surface area contributed by atoms with Crippen LogP contribution in [-0.4, -0.2) is 58.1 Å². The Morgan fingerprint density at radius 1 is 1.29 bits per heavy atom. The molecule has 3 heterocycles. The molecule has 1 saturated heterocycles. The molecular formula is C12H17N7OS. The highest BCUT2D eigenvalue weighted by Gasteiger charge is 2.15. The summed E-state index contributed by atoms with van der Waals surface area (Å²) in [6.45, 7) is 4.11. The molecule has 8 nitrogen and oxygen atoms in total. The Bertz CT molecular complexity index is 674. The monoisotopic (exact) mass is 307 g/mol. The number of nitrogens with two attached hydrogens (primary N) is 1. The van der Waals surface area contributed by atoms with Gasteiger partial charge in [-0.15, -0.1) is 10.2 Å². The van der Waals surface area contributed by atoms with Crippen molar-refractivity contribution in [3.63, 3.8) is 0 Å². The third kappa shape index (κ3) is 3.19. The molecule has 0 amide bonds. The van der Waals surface area contributed by atoms with Crippen molar-refractivity contribution in [3.8, 4) is 0 Å². The lowest BCUT2D eigenvalue weighted by molar-refractivity contribution is 0.312. The lowest BCUT2D eigenvalue weighted by atomic mass is 10.3. The second-order valence-corrected chi connectivity index (χ2v) is 6.13. The van der Waals surface area contributed by atoms with E-state index in [1.165, 1.54) is 16.0 Å². The van der Waals surface area contributed by atoms with Crippen LogP contribution >= 0.6 is 11.3 Å². The minimum Gasteiger partial charge on any atom is -0.374 e.